The van der Waals surface area contributed by atoms with Crippen LogP contribution in [-0.4, -0.2) is 25.5 Å². The maximum Gasteiger partial charge on any atom is 0.277 e. The van der Waals surface area contributed by atoms with Crippen LogP contribution in [0.15, 0.2) is 12.4 Å². The summed E-state index contributed by atoms with van der Waals surface area (Å²) in [6.07, 6.45) is 3.26. The fraction of sp³-hybridized carbons (Fsp3) is 0.417. The first-order chi connectivity index (χ1) is 9.06. The number of carbonyl (C=O) groups is 1. The van der Waals surface area contributed by atoms with Gasteiger partial charge >= 0.3 is 0 Å². The molecule has 19 heavy (non-hydrogen) atoms. The van der Waals surface area contributed by atoms with Crippen LogP contribution in [-0.2, 0) is 13.1 Å². The maximum atomic E-state index is 12.1. The summed E-state index contributed by atoms with van der Waals surface area (Å²) in [4.78, 5) is 12.1. The Hall–Kier alpha value is -1.82. The van der Waals surface area contributed by atoms with Crippen molar-refractivity contribution in [1.29, 1.82) is 0 Å². The largest absolute Gasteiger partial charge is 0.318 e. The summed E-state index contributed by atoms with van der Waals surface area (Å²) in [7, 11) is 0. The van der Waals surface area contributed by atoms with E-state index in [2.05, 4.69) is 15.5 Å². The van der Waals surface area contributed by atoms with Crippen molar-refractivity contribution in [2.75, 3.05) is 5.32 Å². The average molecular weight is 282 g/mol. The smallest absolute Gasteiger partial charge is 0.277 e. The van der Waals surface area contributed by atoms with E-state index >= 15 is 0 Å². The topological polar surface area (TPSA) is 64.7 Å². The van der Waals surface area contributed by atoms with Gasteiger partial charge in [-0.2, -0.15) is 10.2 Å². The summed E-state index contributed by atoms with van der Waals surface area (Å²) >= 11 is 5.99. The zero-order valence-electron chi connectivity index (χ0n) is 11.1. The Morgan fingerprint density at radius 1 is 1.42 bits per heavy atom. The molecule has 0 saturated carbocycles. The fourth-order valence-corrected chi connectivity index (χ4v) is 2.02. The number of anilines is 1. The highest BCUT2D eigenvalue weighted by Gasteiger charge is 2.17. The molecule has 0 aromatic carbocycles. The Bertz CT molecular complexity index is 601. The summed E-state index contributed by atoms with van der Waals surface area (Å²) in [5.41, 5.74) is 1.81. The lowest BCUT2D eigenvalue weighted by Gasteiger charge is -2.03. The van der Waals surface area contributed by atoms with Gasteiger partial charge in [0.05, 0.1) is 22.6 Å². The molecule has 2 heterocycles. The minimum atomic E-state index is -0.323. The number of rotatable bonds is 4. The SMILES string of the molecule is CCn1cc(Cl)c(C(=O)Nc2cnn(CC)c2C)n1. The first-order valence-electron chi connectivity index (χ1n) is 6.13. The van der Waals surface area contributed by atoms with Crippen LogP contribution in [0.5, 0.6) is 0 Å². The zero-order chi connectivity index (χ0) is 14.0. The predicted molar refractivity (Wildman–Crippen MR) is 73.5 cm³/mol. The summed E-state index contributed by atoms with van der Waals surface area (Å²) < 4.78 is 3.43. The Kier molecular flexibility index (Phi) is 3.90. The van der Waals surface area contributed by atoms with Crippen molar-refractivity contribution in [3.05, 3.63) is 28.8 Å². The van der Waals surface area contributed by atoms with Gasteiger partial charge in [0.15, 0.2) is 5.69 Å². The molecule has 2 aromatic heterocycles. The van der Waals surface area contributed by atoms with Gasteiger partial charge in [0.25, 0.3) is 5.91 Å². The minimum absolute atomic E-state index is 0.229. The van der Waals surface area contributed by atoms with Crippen molar-refractivity contribution in [1.82, 2.24) is 19.6 Å². The normalized spacial score (nSPS) is 10.7. The zero-order valence-corrected chi connectivity index (χ0v) is 11.9. The molecule has 0 fully saturated rings. The Labute approximate surface area is 116 Å². The second-order valence-electron chi connectivity index (χ2n) is 4.09. The molecule has 0 bridgehead atoms. The van der Waals surface area contributed by atoms with E-state index in [9.17, 15) is 4.79 Å². The number of aryl methyl sites for hydroxylation is 2. The molecule has 6 nitrogen and oxygen atoms in total. The molecule has 0 unspecified atom stereocenters. The number of nitrogens with one attached hydrogen (secondary N) is 1. The molecule has 0 saturated heterocycles. The fourth-order valence-electron chi connectivity index (χ4n) is 1.78. The van der Waals surface area contributed by atoms with Crippen LogP contribution in [0, 0.1) is 6.92 Å². The van der Waals surface area contributed by atoms with Crippen LogP contribution in [0.25, 0.3) is 0 Å². The van der Waals surface area contributed by atoms with Gasteiger partial charge in [0, 0.05) is 19.3 Å². The summed E-state index contributed by atoms with van der Waals surface area (Å²) in [6, 6.07) is 0. The molecule has 1 N–H and O–H groups in total. The van der Waals surface area contributed by atoms with Crippen LogP contribution in [0.3, 0.4) is 0 Å². The van der Waals surface area contributed by atoms with Gasteiger partial charge in [0.2, 0.25) is 0 Å². The number of aromatic nitrogens is 4. The molecular weight excluding hydrogens is 266 g/mol. The highest BCUT2D eigenvalue weighted by atomic mass is 35.5. The summed E-state index contributed by atoms with van der Waals surface area (Å²) in [5.74, 6) is -0.323. The monoisotopic (exact) mass is 281 g/mol. The van der Waals surface area contributed by atoms with E-state index in [1.54, 1.807) is 17.1 Å². The van der Waals surface area contributed by atoms with Gasteiger partial charge < -0.3 is 5.32 Å². The molecule has 2 aromatic rings. The van der Waals surface area contributed by atoms with E-state index in [1.807, 2.05) is 25.5 Å². The number of amides is 1. The molecule has 0 atom stereocenters. The molecule has 2 rings (SSSR count). The second kappa shape index (κ2) is 5.44. The molecule has 1 amide bonds. The summed E-state index contributed by atoms with van der Waals surface area (Å²) in [5, 5.41) is 11.4. The molecule has 0 spiro atoms. The second-order valence-corrected chi connectivity index (χ2v) is 4.50. The summed E-state index contributed by atoms with van der Waals surface area (Å²) in [6.45, 7) is 7.25. The lowest BCUT2D eigenvalue weighted by atomic mass is 10.3. The molecule has 7 heteroatoms. The van der Waals surface area contributed by atoms with E-state index in [-0.39, 0.29) is 11.6 Å². The highest BCUT2D eigenvalue weighted by Crippen LogP contribution is 2.18. The van der Waals surface area contributed by atoms with Gasteiger partial charge in [0.1, 0.15) is 0 Å². The van der Waals surface area contributed by atoms with Crippen LogP contribution in [0.1, 0.15) is 30.0 Å². The van der Waals surface area contributed by atoms with E-state index in [1.165, 1.54) is 0 Å². The number of halogens is 1. The van der Waals surface area contributed by atoms with Gasteiger partial charge in [-0.3, -0.25) is 14.2 Å². The molecule has 0 aliphatic heterocycles. The van der Waals surface area contributed by atoms with Gasteiger partial charge in [-0.25, -0.2) is 0 Å². The van der Waals surface area contributed by atoms with E-state index in [0.717, 1.165) is 12.2 Å². The first-order valence-corrected chi connectivity index (χ1v) is 6.51. The van der Waals surface area contributed by atoms with Gasteiger partial charge in [-0.05, 0) is 20.8 Å². The van der Waals surface area contributed by atoms with Crippen LogP contribution < -0.4 is 5.32 Å². The molecular formula is C12H16ClN5O. The van der Waals surface area contributed by atoms with Crippen molar-refractivity contribution in [3.8, 4) is 0 Å². The third-order valence-electron chi connectivity index (χ3n) is 2.91. The number of hydrogen-bond acceptors (Lipinski definition) is 3. The maximum absolute atomic E-state index is 12.1. The van der Waals surface area contributed by atoms with E-state index < -0.39 is 0 Å². The van der Waals surface area contributed by atoms with Crippen molar-refractivity contribution in [2.45, 2.75) is 33.9 Å². The average Bonchev–Trinajstić information content (AvgIpc) is 2.94. The predicted octanol–water partition coefficient (Wildman–Crippen LogP) is 2.33. The number of carbonyl (C=O) groups excluding carboxylic acids is 1. The quantitative estimate of drug-likeness (QED) is 0.935. The van der Waals surface area contributed by atoms with Crippen LogP contribution >= 0.6 is 11.6 Å². The third kappa shape index (κ3) is 2.63. The Morgan fingerprint density at radius 2 is 2.16 bits per heavy atom. The highest BCUT2D eigenvalue weighted by molar-refractivity contribution is 6.34. The Balaban J connectivity index is 2.20. The number of hydrogen-bond donors (Lipinski definition) is 1. The van der Waals surface area contributed by atoms with Crippen LogP contribution in [0.4, 0.5) is 5.69 Å². The van der Waals surface area contributed by atoms with E-state index in [4.69, 9.17) is 11.6 Å². The lowest BCUT2D eigenvalue weighted by Crippen LogP contribution is -2.14. The Morgan fingerprint density at radius 3 is 2.68 bits per heavy atom. The minimum Gasteiger partial charge on any atom is -0.318 e. The third-order valence-corrected chi connectivity index (χ3v) is 3.18. The first kappa shape index (κ1) is 13.6. The molecule has 102 valence electrons. The van der Waals surface area contributed by atoms with Crippen molar-refractivity contribution in [2.24, 2.45) is 0 Å². The molecule has 0 aliphatic rings. The number of nitrogens with zero attached hydrogens (tertiary/aromatic N) is 4. The van der Waals surface area contributed by atoms with E-state index in [0.29, 0.717) is 17.3 Å². The molecule has 0 radical (unpaired) electrons. The van der Waals surface area contributed by atoms with Crippen molar-refractivity contribution >= 4 is 23.2 Å². The van der Waals surface area contributed by atoms with Crippen molar-refractivity contribution in [3.63, 3.8) is 0 Å². The van der Waals surface area contributed by atoms with Gasteiger partial charge in [-0.15, -0.1) is 0 Å². The van der Waals surface area contributed by atoms with Crippen LogP contribution in [0.2, 0.25) is 5.02 Å². The standard InChI is InChI=1S/C12H16ClN5O/c1-4-17-7-9(13)11(16-17)12(19)15-10-6-14-18(5-2)8(10)3/h6-7H,4-5H2,1-3H3,(H,15,19). The molecule has 0 aliphatic carbocycles. The lowest BCUT2D eigenvalue weighted by molar-refractivity contribution is 0.102. The van der Waals surface area contributed by atoms with Gasteiger partial charge in [-0.1, -0.05) is 11.6 Å². The van der Waals surface area contributed by atoms with Crippen molar-refractivity contribution < 1.29 is 4.79 Å².